The molecule has 2 aromatic rings. The average Bonchev–Trinajstić information content (AvgIpc) is 2.97. The van der Waals surface area contributed by atoms with Crippen molar-refractivity contribution in [2.75, 3.05) is 0 Å². The number of hydrogen-bond acceptors (Lipinski definition) is 4. The van der Waals surface area contributed by atoms with E-state index in [4.69, 9.17) is 4.99 Å². The van der Waals surface area contributed by atoms with E-state index in [1.54, 1.807) is 0 Å². The van der Waals surface area contributed by atoms with E-state index in [2.05, 4.69) is 45.9 Å². The molecule has 2 aliphatic heterocycles. The molecule has 1 aromatic heterocycles. The largest absolute Gasteiger partial charge is 0.264 e. The molecule has 5 rings (SSSR count). The molecule has 1 saturated carbocycles. The minimum Gasteiger partial charge on any atom is -0.256 e. The molecular formula is C19H18N5+. The summed E-state index contributed by atoms with van der Waals surface area (Å²) in [4.78, 5) is 13.5. The third-order valence-corrected chi connectivity index (χ3v) is 5.00. The summed E-state index contributed by atoms with van der Waals surface area (Å²) in [5, 5.41) is 1.14. The quantitative estimate of drug-likeness (QED) is 0.884. The lowest BCUT2D eigenvalue weighted by molar-refractivity contribution is -0.794. The lowest BCUT2D eigenvalue weighted by Crippen LogP contribution is -2.61. The minimum absolute atomic E-state index is 0.451. The van der Waals surface area contributed by atoms with Crippen molar-refractivity contribution in [3.05, 3.63) is 66.4 Å². The zero-order valence-corrected chi connectivity index (χ0v) is 13.3. The number of aliphatic imine (C=N–C) groups is 2. The van der Waals surface area contributed by atoms with Crippen LogP contribution in [0.15, 0.2) is 70.8 Å². The molecule has 3 aliphatic rings. The summed E-state index contributed by atoms with van der Waals surface area (Å²) >= 11 is 0. The summed E-state index contributed by atoms with van der Waals surface area (Å²) < 4.78 is 0.451. The van der Waals surface area contributed by atoms with Crippen LogP contribution in [0.25, 0.3) is 10.9 Å². The van der Waals surface area contributed by atoms with Crippen LogP contribution < -0.4 is 5.43 Å². The summed E-state index contributed by atoms with van der Waals surface area (Å²) in [5.41, 5.74) is 6.89. The summed E-state index contributed by atoms with van der Waals surface area (Å²) in [7, 11) is 0. The summed E-state index contributed by atoms with van der Waals surface area (Å²) in [6.45, 7) is 0. The van der Waals surface area contributed by atoms with Gasteiger partial charge in [-0.2, -0.15) is 4.99 Å². The molecule has 24 heavy (non-hydrogen) atoms. The van der Waals surface area contributed by atoms with Crippen molar-refractivity contribution in [2.45, 2.75) is 25.3 Å². The van der Waals surface area contributed by atoms with Gasteiger partial charge in [0, 0.05) is 11.6 Å². The molecular weight excluding hydrogens is 298 g/mol. The van der Waals surface area contributed by atoms with Crippen molar-refractivity contribution in [3.8, 4) is 0 Å². The molecule has 0 bridgehead atoms. The Bertz CT molecular complexity index is 936. The van der Waals surface area contributed by atoms with Crippen LogP contribution in [0.2, 0.25) is 0 Å². The normalized spacial score (nSPS) is 25.3. The van der Waals surface area contributed by atoms with E-state index in [0.717, 1.165) is 28.0 Å². The van der Waals surface area contributed by atoms with Gasteiger partial charge in [-0.15, -0.1) is 10.0 Å². The van der Waals surface area contributed by atoms with E-state index in [0.29, 0.717) is 10.6 Å². The zero-order valence-electron chi connectivity index (χ0n) is 13.3. The fourth-order valence-corrected chi connectivity index (χ4v) is 3.46. The number of fused-ring (bicyclic) bond motifs is 2. The highest BCUT2D eigenvalue weighted by atomic mass is 15.7. The molecule has 1 aliphatic carbocycles. The number of allylic oxidation sites excluding steroid dienone is 1. The maximum absolute atomic E-state index is 4.73. The lowest BCUT2D eigenvalue weighted by atomic mass is 9.94. The molecule has 1 atom stereocenters. The molecule has 0 radical (unpaired) electrons. The Balaban J connectivity index is 1.60. The zero-order chi connectivity index (χ0) is 16.0. The van der Waals surface area contributed by atoms with Gasteiger partial charge in [-0.25, -0.2) is 0 Å². The van der Waals surface area contributed by atoms with Crippen molar-refractivity contribution >= 4 is 23.0 Å². The van der Waals surface area contributed by atoms with Crippen LogP contribution in [0.1, 0.15) is 24.8 Å². The van der Waals surface area contributed by atoms with Gasteiger partial charge in [0.15, 0.2) is 0 Å². The second-order valence-electron chi connectivity index (χ2n) is 6.47. The van der Waals surface area contributed by atoms with E-state index < -0.39 is 0 Å². The number of rotatable bonds is 3. The highest BCUT2D eigenvalue weighted by Gasteiger charge is 2.45. The van der Waals surface area contributed by atoms with E-state index in [1.807, 2.05) is 30.9 Å². The van der Waals surface area contributed by atoms with Crippen LogP contribution in [0.4, 0.5) is 0 Å². The van der Waals surface area contributed by atoms with E-state index in [9.17, 15) is 0 Å². The fraction of sp³-hybridized carbons (Fsp3) is 0.211. The average molecular weight is 316 g/mol. The molecule has 0 spiro atoms. The fourth-order valence-electron chi connectivity index (χ4n) is 3.46. The van der Waals surface area contributed by atoms with Crippen molar-refractivity contribution < 1.29 is 4.59 Å². The molecule has 5 heteroatoms. The number of hydrogen-bond donors (Lipinski definition) is 1. The maximum atomic E-state index is 4.73. The standard InChI is InChI=1S/C19H18N5/c1-4-16(5-1)23-24-10-9-20-12-17(24)13-22-19(24)15-7-6-14-3-2-8-21-18(14)11-15/h2-3,6-13,16,23H,1,4-5H2/q+1. The summed E-state index contributed by atoms with van der Waals surface area (Å²) in [6.07, 6.45) is 13.3. The molecule has 1 N–H and O–H groups in total. The van der Waals surface area contributed by atoms with Gasteiger partial charge in [-0.3, -0.25) is 9.98 Å². The Morgan fingerprint density at radius 2 is 2.12 bits per heavy atom. The van der Waals surface area contributed by atoms with Crippen LogP contribution in [0, 0.1) is 0 Å². The minimum atomic E-state index is 0.451. The van der Waals surface area contributed by atoms with E-state index in [-0.39, 0.29) is 0 Å². The van der Waals surface area contributed by atoms with Gasteiger partial charge >= 0.3 is 0 Å². The second-order valence-corrected chi connectivity index (χ2v) is 6.47. The van der Waals surface area contributed by atoms with Crippen molar-refractivity contribution in [1.82, 2.24) is 10.4 Å². The molecule has 1 aromatic carbocycles. The molecule has 0 amide bonds. The number of nitrogens with one attached hydrogen (secondary N) is 1. The van der Waals surface area contributed by atoms with Crippen molar-refractivity contribution in [1.29, 1.82) is 0 Å². The lowest BCUT2D eigenvalue weighted by Gasteiger charge is -2.38. The number of aromatic nitrogens is 1. The predicted molar refractivity (Wildman–Crippen MR) is 95.0 cm³/mol. The number of quaternary nitrogens is 1. The first-order valence-corrected chi connectivity index (χ1v) is 8.37. The summed E-state index contributed by atoms with van der Waals surface area (Å²) in [6, 6.07) is 10.9. The highest BCUT2D eigenvalue weighted by molar-refractivity contribution is 6.01. The van der Waals surface area contributed by atoms with Crippen LogP contribution >= 0.6 is 0 Å². The highest BCUT2D eigenvalue weighted by Crippen LogP contribution is 2.32. The number of amidine groups is 1. The van der Waals surface area contributed by atoms with Gasteiger partial charge < -0.3 is 0 Å². The number of benzene rings is 1. The first kappa shape index (κ1) is 13.8. The maximum Gasteiger partial charge on any atom is 0.264 e. The van der Waals surface area contributed by atoms with E-state index in [1.165, 1.54) is 19.3 Å². The second kappa shape index (κ2) is 5.19. The predicted octanol–water partition coefficient (Wildman–Crippen LogP) is 3.27. The molecule has 5 nitrogen and oxygen atoms in total. The van der Waals surface area contributed by atoms with Gasteiger partial charge in [-0.1, -0.05) is 12.1 Å². The number of pyridine rings is 1. The molecule has 0 saturated heterocycles. The molecule has 118 valence electrons. The van der Waals surface area contributed by atoms with Crippen LogP contribution in [-0.4, -0.2) is 27.7 Å². The van der Waals surface area contributed by atoms with Gasteiger partial charge in [0.1, 0.15) is 6.20 Å². The third kappa shape index (κ3) is 1.99. The summed E-state index contributed by atoms with van der Waals surface area (Å²) in [5.74, 6) is 0.979. The Morgan fingerprint density at radius 1 is 1.17 bits per heavy atom. The topological polar surface area (TPSA) is 49.6 Å². The monoisotopic (exact) mass is 316 g/mol. The van der Waals surface area contributed by atoms with Crippen LogP contribution in [0.5, 0.6) is 0 Å². The van der Waals surface area contributed by atoms with E-state index >= 15 is 0 Å². The van der Waals surface area contributed by atoms with Crippen LogP contribution in [0.3, 0.4) is 0 Å². The van der Waals surface area contributed by atoms with Crippen LogP contribution in [-0.2, 0) is 0 Å². The Kier molecular flexibility index (Phi) is 2.98. The van der Waals surface area contributed by atoms with Gasteiger partial charge in [0.25, 0.3) is 5.84 Å². The smallest absolute Gasteiger partial charge is 0.256 e. The molecule has 1 fully saturated rings. The Labute approximate surface area is 140 Å². The van der Waals surface area contributed by atoms with Gasteiger partial charge in [0.05, 0.1) is 35.7 Å². The third-order valence-electron chi connectivity index (χ3n) is 5.00. The Morgan fingerprint density at radius 3 is 3.00 bits per heavy atom. The molecule has 1 unspecified atom stereocenters. The van der Waals surface area contributed by atoms with Crippen molar-refractivity contribution in [3.63, 3.8) is 0 Å². The van der Waals surface area contributed by atoms with Gasteiger partial charge in [0.2, 0.25) is 5.70 Å². The SMILES string of the molecule is C1=C[N+]2(NC3CCC3)C(=CN=C2c2ccc3cccnc3c2)C=N1. The van der Waals surface area contributed by atoms with Crippen molar-refractivity contribution in [2.24, 2.45) is 9.98 Å². The number of nitrogens with zero attached hydrogens (tertiary/aromatic N) is 4. The Hall–Kier alpha value is -2.63. The van der Waals surface area contributed by atoms with Gasteiger partial charge in [-0.05, 0) is 37.5 Å². The first-order valence-electron chi connectivity index (χ1n) is 8.37. The molecule has 3 heterocycles. The first-order chi connectivity index (χ1) is 11.9.